The summed E-state index contributed by atoms with van der Waals surface area (Å²) in [6.07, 6.45) is 4.99. The minimum absolute atomic E-state index is 0.0810. The van der Waals surface area contributed by atoms with E-state index in [1.54, 1.807) is 0 Å². The van der Waals surface area contributed by atoms with E-state index in [2.05, 4.69) is 42.7 Å². The van der Waals surface area contributed by atoms with Crippen molar-refractivity contribution in [1.29, 1.82) is 0 Å². The van der Waals surface area contributed by atoms with Crippen molar-refractivity contribution in [2.75, 3.05) is 6.54 Å². The third-order valence-corrected chi connectivity index (χ3v) is 4.98. The first kappa shape index (κ1) is 13.1. The quantitative estimate of drug-likeness (QED) is 0.840. The second-order valence-corrected chi connectivity index (χ2v) is 6.80. The van der Waals surface area contributed by atoms with Crippen molar-refractivity contribution in [2.45, 2.75) is 76.8 Å². The van der Waals surface area contributed by atoms with Gasteiger partial charge in [-0.15, -0.1) is 0 Å². The van der Waals surface area contributed by atoms with E-state index in [0.717, 1.165) is 24.6 Å². The molecule has 0 aliphatic carbocycles. The standard InChI is InChI=1S/C15H25N3O/c1-5-18-11-6-7-12(18)9-15(4,8-11)14-16-13(10(2)3)17-19-14/h10-12H,5-9H2,1-4H3. The molecule has 3 heterocycles. The van der Waals surface area contributed by atoms with Crippen LogP contribution in [0.4, 0.5) is 0 Å². The van der Waals surface area contributed by atoms with E-state index in [9.17, 15) is 0 Å². The Kier molecular flexibility index (Phi) is 3.16. The highest BCUT2D eigenvalue weighted by molar-refractivity contribution is 5.12. The van der Waals surface area contributed by atoms with Crippen molar-refractivity contribution < 1.29 is 4.52 Å². The van der Waals surface area contributed by atoms with Crippen LogP contribution >= 0.6 is 0 Å². The molecule has 1 aromatic heterocycles. The molecule has 2 fully saturated rings. The Bertz CT molecular complexity index is 440. The molecular formula is C15H25N3O. The zero-order chi connectivity index (χ0) is 13.6. The molecule has 4 heteroatoms. The number of piperidine rings is 1. The van der Waals surface area contributed by atoms with Crippen molar-refractivity contribution in [3.63, 3.8) is 0 Å². The van der Waals surface area contributed by atoms with Crippen molar-refractivity contribution in [2.24, 2.45) is 0 Å². The molecule has 2 aliphatic heterocycles. The maximum atomic E-state index is 5.58. The van der Waals surface area contributed by atoms with Crippen molar-refractivity contribution in [1.82, 2.24) is 15.0 Å². The predicted octanol–water partition coefficient (Wildman–Crippen LogP) is 3.10. The number of hydrogen-bond donors (Lipinski definition) is 0. The fraction of sp³-hybridized carbons (Fsp3) is 0.867. The lowest BCUT2D eigenvalue weighted by molar-refractivity contribution is 0.0805. The van der Waals surface area contributed by atoms with Crippen LogP contribution in [0.5, 0.6) is 0 Å². The summed E-state index contributed by atoms with van der Waals surface area (Å²) in [5.41, 5.74) is 0.0810. The van der Waals surface area contributed by atoms with Crippen molar-refractivity contribution in [3.05, 3.63) is 11.7 Å². The van der Waals surface area contributed by atoms with Crippen LogP contribution in [-0.4, -0.2) is 33.7 Å². The molecule has 0 spiro atoms. The molecule has 0 aromatic carbocycles. The van der Waals surface area contributed by atoms with Crippen LogP contribution in [0.3, 0.4) is 0 Å². The van der Waals surface area contributed by atoms with E-state index in [1.807, 2.05) is 0 Å². The number of aromatic nitrogens is 2. The Labute approximate surface area is 115 Å². The van der Waals surface area contributed by atoms with E-state index in [-0.39, 0.29) is 5.41 Å². The Morgan fingerprint density at radius 1 is 1.32 bits per heavy atom. The van der Waals surface area contributed by atoms with Gasteiger partial charge in [-0.1, -0.05) is 32.9 Å². The molecule has 2 unspecified atom stereocenters. The molecule has 106 valence electrons. The van der Waals surface area contributed by atoms with Gasteiger partial charge in [0.25, 0.3) is 0 Å². The lowest BCUT2D eigenvalue weighted by Crippen LogP contribution is -2.48. The first-order valence-electron chi connectivity index (χ1n) is 7.63. The maximum absolute atomic E-state index is 5.58. The highest BCUT2D eigenvalue weighted by Gasteiger charge is 2.48. The van der Waals surface area contributed by atoms with Crippen LogP contribution in [0.2, 0.25) is 0 Å². The van der Waals surface area contributed by atoms with Crippen molar-refractivity contribution in [3.8, 4) is 0 Å². The minimum atomic E-state index is 0.0810. The molecule has 0 saturated carbocycles. The Morgan fingerprint density at radius 3 is 2.42 bits per heavy atom. The number of hydrogen-bond acceptors (Lipinski definition) is 4. The number of nitrogens with zero attached hydrogens (tertiary/aromatic N) is 3. The van der Waals surface area contributed by atoms with Crippen LogP contribution in [0, 0.1) is 0 Å². The molecule has 2 saturated heterocycles. The van der Waals surface area contributed by atoms with Crippen LogP contribution in [-0.2, 0) is 5.41 Å². The Morgan fingerprint density at radius 2 is 1.95 bits per heavy atom. The first-order valence-corrected chi connectivity index (χ1v) is 7.63. The van der Waals surface area contributed by atoms with Gasteiger partial charge < -0.3 is 4.52 Å². The van der Waals surface area contributed by atoms with Gasteiger partial charge in [0.15, 0.2) is 5.82 Å². The van der Waals surface area contributed by atoms with Gasteiger partial charge in [0.1, 0.15) is 0 Å². The second-order valence-electron chi connectivity index (χ2n) is 6.80. The van der Waals surface area contributed by atoms with Gasteiger partial charge in [-0.3, -0.25) is 4.90 Å². The van der Waals surface area contributed by atoms with Gasteiger partial charge in [0.05, 0.1) is 0 Å². The van der Waals surface area contributed by atoms with Gasteiger partial charge in [0, 0.05) is 23.4 Å². The van der Waals surface area contributed by atoms with Crippen LogP contribution < -0.4 is 0 Å². The average Bonchev–Trinajstić information content (AvgIpc) is 2.94. The topological polar surface area (TPSA) is 42.2 Å². The molecule has 19 heavy (non-hydrogen) atoms. The highest BCUT2D eigenvalue weighted by atomic mass is 16.5. The SMILES string of the molecule is CCN1C2CCC1CC(C)(c1nc(C(C)C)no1)C2. The van der Waals surface area contributed by atoms with Crippen LogP contribution in [0.15, 0.2) is 4.52 Å². The predicted molar refractivity (Wildman–Crippen MR) is 74.2 cm³/mol. The highest BCUT2D eigenvalue weighted by Crippen LogP contribution is 2.46. The van der Waals surface area contributed by atoms with E-state index in [4.69, 9.17) is 4.52 Å². The summed E-state index contributed by atoms with van der Waals surface area (Å²) in [6, 6.07) is 1.42. The molecule has 1 aromatic rings. The Balaban J connectivity index is 1.84. The van der Waals surface area contributed by atoms with Gasteiger partial charge >= 0.3 is 0 Å². The minimum Gasteiger partial charge on any atom is -0.339 e. The summed E-state index contributed by atoms with van der Waals surface area (Å²) < 4.78 is 5.58. The fourth-order valence-corrected chi connectivity index (χ4v) is 3.98. The third kappa shape index (κ3) is 2.10. The zero-order valence-electron chi connectivity index (χ0n) is 12.5. The summed E-state index contributed by atoms with van der Waals surface area (Å²) in [5.74, 6) is 2.05. The molecule has 2 aliphatic rings. The fourth-order valence-electron chi connectivity index (χ4n) is 3.98. The Hall–Kier alpha value is -0.900. The largest absolute Gasteiger partial charge is 0.339 e. The van der Waals surface area contributed by atoms with E-state index < -0.39 is 0 Å². The van der Waals surface area contributed by atoms with Gasteiger partial charge in [0.2, 0.25) is 5.89 Å². The normalized spacial score (nSPS) is 35.2. The summed E-state index contributed by atoms with van der Waals surface area (Å²) >= 11 is 0. The molecule has 2 bridgehead atoms. The monoisotopic (exact) mass is 263 g/mol. The molecule has 0 amide bonds. The second kappa shape index (κ2) is 4.58. The maximum Gasteiger partial charge on any atom is 0.232 e. The number of rotatable bonds is 3. The van der Waals surface area contributed by atoms with Gasteiger partial charge in [-0.05, 0) is 32.2 Å². The molecule has 2 atom stereocenters. The third-order valence-electron chi connectivity index (χ3n) is 4.98. The smallest absolute Gasteiger partial charge is 0.232 e. The van der Waals surface area contributed by atoms with Crippen LogP contribution in [0.1, 0.15) is 71.0 Å². The van der Waals surface area contributed by atoms with E-state index in [1.165, 1.54) is 19.4 Å². The summed E-state index contributed by atoms with van der Waals surface area (Å²) in [4.78, 5) is 7.32. The molecule has 0 radical (unpaired) electrons. The van der Waals surface area contributed by atoms with Crippen LogP contribution in [0.25, 0.3) is 0 Å². The first-order chi connectivity index (χ1) is 9.03. The molecule has 4 nitrogen and oxygen atoms in total. The summed E-state index contributed by atoms with van der Waals surface area (Å²) in [7, 11) is 0. The van der Waals surface area contributed by atoms with Gasteiger partial charge in [-0.25, -0.2) is 0 Å². The van der Waals surface area contributed by atoms with Crippen molar-refractivity contribution >= 4 is 0 Å². The number of fused-ring (bicyclic) bond motifs is 2. The van der Waals surface area contributed by atoms with E-state index >= 15 is 0 Å². The summed E-state index contributed by atoms with van der Waals surface area (Å²) in [6.45, 7) is 9.98. The zero-order valence-corrected chi connectivity index (χ0v) is 12.5. The average molecular weight is 263 g/mol. The lowest BCUT2D eigenvalue weighted by Gasteiger charge is -2.42. The van der Waals surface area contributed by atoms with Gasteiger partial charge in [-0.2, -0.15) is 4.98 Å². The molecule has 3 rings (SSSR count). The lowest BCUT2D eigenvalue weighted by atomic mass is 9.76. The van der Waals surface area contributed by atoms with E-state index in [0.29, 0.717) is 18.0 Å². The molecular weight excluding hydrogens is 238 g/mol. The summed E-state index contributed by atoms with van der Waals surface area (Å²) in [5, 5.41) is 4.15. The molecule has 0 N–H and O–H groups in total.